The van der Waals surface area contributed by atoms with Crippen molar-refractivity contribution >= 4 is 31.9 Å². The Kier molecular flexibility index (Phi) is 6.54. The summed E-state index contributed by atoms with van der Waals surface area (Å²) in [6, 6.07) is 10.4. The Bertz CT molecular complexity index is 899. The third-order valence-corrected chi connectivity index (χ3v) is 5.85. The molecule has 0 aliphatic rings. The van der Waals surface area contributed by atoms with E-state index in [9.17, 15) is 17.6 Å². The van der Waals surface area contributed by atoms with Gasteiger partial charge in [0.05, 0.1) is 0 Å². The van der Waals surface area contributed by atoms with Crippen LogP contribution in [0.5, 0.6) is 0 Å². The highest BCUT2D eigenvalue weighted by atomic mass is 79.9. The van der Waals surface area contributed by atoms with E-state index in [1.54, 1.807) is 36.2 Å². The van der Waals surface area contributed by atoms with Gasteiger partial charge in [0.2, 0.25) is 10.0 Å². The zero-order chi connectivity index (χ0) is 19.5. The molecule has 0 spiro atoms. The second-order valence-corrected chi connectivity index (χ2v) is 8.76. The molecular formula is C18H20BrFN2O3S. The number of carbonyl (C=O) groups excluding carboxylic acids is 1. The molecule has 140 valence electrons. The molecule has 1 amide bonds. The standard InChI is InChI=1S/C18H20BrFN2O3S/c1-12(2)22(3)18(23)14-6-4-13(5-7-14)11-21-26(24,25)17-10-15(19)8-9-16(17)20/h4-10,12,21H,11H2,1-3H3. The number of benzene rings is 2. The van der Waals surface area contributed by atoms with Crippen LogP contribution in [0.4, 0.5) is 4.39 Å². The lowest BCUT2D eigenvalue weighted by atomic mass is 10.1. The van der Waals surface area contributed by atoms with Gasteiger partial charge < -0.3 is 4.90 Å². The molecule has 0 aliphatic carbocycles. The molecule has 2 aromatic carbocycles. The van der Waals surface area contributed by atoms with E-state index in [1.807, 2.05) is 13.8 Å². The average Bonchev–Trinajstić information content (AvgIpc) is 2.61. The highest BCUT2D eigenvalue weighted by Gasteiger charge is 2.19. The Morgan fingerprint density at radius 1 is 1.19 bits per heavy atom. The number of rotatable bonds is 6. The number of amides is 1. The van der Waals surface area contributed by atoms with Crippen LogP contribution in [0.25, 0.3) is 0 Å². The van der Waals surface area contributed by atoms with Gasteiger partial charge in [-0.1, -0.05) is 28.1 Å². The van der Waals surface area contributed by atoms with Crippen molar-refractivity contribution in [3.8, 4) is 0 Å². The molecule has 0 radical (unpaired) electrons. The Morgan fingerprint density at radius 2 is 1.81 bits per heavy atom. The zero-order valence-electron chi connectivity index (χ0n) is 14.7. The summed E-state index contributed by atoms with van der Waals surface area (Å²) in [5.74, 6) is -0.929. The number of carbonyl (C=O) groups is 1. The number of nitrogens with zero attached hydrogens (tertiary/aromatic N) is 1. The summed E-state index contributed by atoms with van der Waals surface area (Å²) in [7, 11) is -2.27. The summed E-state index contributed by atoms with van der Waals surface area (Å²) < 4.78 is 41.2. The molecule has 26 heavy (non-hydrogen) atoms. The number of nitrogens with one attached hydrogen (secondary N) is 1. The maximum Gasteiger partial charge on any atom is 0.253 e. The van der Waals surface area contributed by atoms with Gasteiger partial charge in [-0.15, -0.1) is 0 Å². The van der Waals surface area contributed by atoms with Crippen molar-refractivity contribution in [2.75, 3.05) is 7.05 Å². The molecule has 0 bridgehead atoms. The van der Waals surface area contributed by atoms with Gasteiger partial charge in [-0.05, 0) is 49.7 Å². The first-order valence-corrected chi connectivity index (χ1v) is 10.2. The fraction of sp³-hybridized carbons (Fsp3) is 0.278. The van der Waals surface area contributed by atoms with Crippen LogP contribution in [0.1, 0.15) is 29.8 Å². The number of hydrogen-bond acceptors (Lipinski definition) is 3. The van der Waals surface area contributed by atoms with Gasteiger partial charge in [0.25, 0.3) is 5.91 Å². The third kappa shape index (κ3) is 4.90. The fourth-order valence-corrected chi connectivity index (χ4v) is 3.77. The van der Waals surface area contributed by atoms with Gasteiger partial charge in [-0.3, -0.25) is 4.79 Å². The normalized spacial score (nSPS) is 11.6. The number of sulfonamides is 1. The highest BCUT2D eigenvalue weighted by molar-refractivity contribution is 9.10. The summed E-state index contributed by atoms with van der Waals surface area (Å²) in [5.41, 5.74) is 1.18. The van der Waals surface area contributed by atoms with Crippen LogP contribution in [0, 0.1) is 5.82 Å². The maximum atomic E-state index is 13.8. The molecule has 2 rings (SSSR count). The van der Waals surface area contributed by atoms with Crippen LogP contribution in [0.3, 0.4) is 0 Å². The molecule has 2 aromatic rings. The summed E-state index contributed by atoms with van der Waals surface area (Å²) in [6.45, 7) is 3.83. The van der Waals surface area contributed by atoms with E-state index in [0.29, 0.717) is 15.6 Å². The fourth-order valence-electron chi connectivity index (χ4n) is 2.14. The molecule has 0 saturated carbocycles. The molecule has 0 saturated heterocycles. The lowest BCUT2D eigenvalue weighted by Crippen LogP contribution is -2.32. The number of hydrogen-bond donors (Lipinski definition) is 1. The smallest absolute Gasteiger partial charge is 0.253 e. The van der Waals surface area contributed by atoms with Crippen molar-refractivity contribution in [3.05, 3.63) is 63.9 Å². The minimum absolute atomic E-state index is 0.0111. The molecule has 8 heteroatoms. The summed E-state index contributed by atoms with van der Waals surface area (Å²) in [4.78, 5) is 13.4. The molecular weight excluding hydrogens is 423 g/mol. The van der Waals surface area contributed by atoms with Crippen LogP contribution in [-0.2, 0) is 16.6 Å². The Hall–Kier alpha value is -1.77. The van der Waals surface area contributed by atoms with Crippen LogP contribution in [0.15, 0.2) is 51.8 Å². The molecule has 0 fully saturated rings. The predicted octanol–water partition coefficient (Wildman–Crippen LogP) is 3.55. The first kappa shape index (κ1) is 20.5. The quantitative estimate of drug-likeness (QED) is 0.743. The monoisotopic (exact) mass is 442 g/mol. The van der Waals surface area contributed by atoms with Gasteiger partial charge >= 0.3 is 0 Å². The van der Waals surface area contributed by atoms with E-state index in [1.165, 1.54) is 12.1 Å². The maximum absolute atomic E-state index is 13.8. The summed E-state index contributed by atoms with van der Waals surface area (Å²) in [6.07, 6.45) is 0. The van der Waals surface area contributed by atoms with Crippen molar-refractivity contribution in [3.63, 3.8) is 0 Å². The molecule has 0 heterocycles. The Morgan fingerprint density at radius 3 is 2.38 bits per heavy atom. The molecule has 0 atom stereocenters. The minimum atomic E-state index is -3.99. The first-order chi connectivity index (χ1) is 12.1. The van der Waals surface area contributed by atoms with Crippen LogP contribution >= 0.6 is 15.9 Å². The summed E-state index contributed by atoms with van der Waals surface area (Å²) in [5, 5.41) is 0. The molecule has 0 aromatic heterocycles. The molecule has 5 nitrogen and oxygen atoms in total. The van der Waals surface area contributed by atoms with Gasteiger partial charge in [0.15, 0.2) is 0 Å². The molecule has 1 N–H and O–H groups in total. The van der Waals surface area contributed by atoms with E-state index in [-0.39, 0.29) is 18.5 Å². The molecule has 0 unspecified atom stereocenters. The van der Waals surface area contributed by atoms with Gasteiger partial charge in [0.1, 0.15) is 10.7 Å². The van der Waals surface area contributed by atoms with Gasteiger partial charge in [-0.2, -0.15) is 0 Å². The average molecular weight is 443 g/mol. The Labute approximate surface area is 161 Å². The van der Waals surface area contributed by atoms with E-state index in [4.69, 9.17) is 0 Å². The lowest BCUT2D eigenvalue weighted by molar-refractivity contribution is 0.0755. The zero-order valence-corrected chi connectivity index (χ0v) is 17.1. The van der Waals surface area contributed by atoms with Crippen LogP contribution < -0.4 is 4.72 Å². The third-order valence-electron chi connectivity index (χ3n) is 3.94. The second kappa shape index (κ2) is 8.28. The lowest BCUT2D eigenvalue weighted by Gasteiger charge is -2.21. The summed E-state index contributed by atoms with van der Waals surface area (Å²) >= 11 is 3.13. The van der Waals surface area contributed by atoms with Gasteiger partial charge in [-0.25, -0.2) is 17.5 Å². The van der Waals surface area contributed by atoms with Crippen molar-refractivity contribution in [2.45, 2.75) is 31.3 Å². The van der Waals surface area contributed by atoms with E-state index in [2.05, 4.69) is 20.7 Å². The minimum Gasteiger partial charge on any atom is -0.339 e. The topological polar surface area (TPSA) is 66.5 Å². The van der Waals surface area contributed by atoms with Crippen molar-refractivity contribution < 1.29 is 17.6 Å². The largest absolute Gasteiger partial charge is 0.339 e. The van der Waals surface area contributed by atoms with Crippen molar-refractivity contribution in [1.82, 2.24) is 9.62 Å². The predicted molar refractivity (Wildman–Crippen MR) is 102 cm³/mol. The van der Waals surface area contributed by atoms with Gasteiger partial charge in [0, 0.05) is 29.7 Å². The highest BCUT2D eigenvalue weighted by Crippen LogP contribution is 2.20. The Balaban J connectivity index is 2.10. The first-order valence-electron chi connectivity index (χ1n) is 7.92. The van der Waals surface area contributed by atoms with Crippen LogP contribution in [-0.4, -0.2) is 32.3 Å². The SMILES string of the molecule is CC(C)N(C)C(=O)c1ccc(CNS(=O)(=O)c2cc(Br)ccc2F)cc1. The molecule has 0 aliphatic heterocycles. The number of halogens is 2. The second-order valence-electron chi connectivity index (χ2n) is 6.11. The van der Waals surface area contributed by atoms with E-state index >= 15 is 0 Å². The van der Waals surface area contributed by atoms with Crippen LogP contribution in [0.2, 0.25) is 0 Å². The van der Waals surface area contributed by atoms with E-state index < -0.39 is 20.7 Å². The van der Waals surface area contributed by atoms with E-state index in [0.717, 1.165) is 6.07 Å². The van der Waals surface area contributed by atoms with Crippen molar-refractivity contribution in [1.29, 1.82) is 0 Å². The van der Waals surface area contributed by atoms with Crippen molar-refractivity contribution in [2.24, 2.45) is 0 Å².